The molecule has 0 aromatic rings. The van der Waals surface area contributed by atoms with Gasteiger partial charge in [-0.1, -0.05) is 242 Å². The maximum absolute atomic E-state index is 13.5. The molecule has 0 aromatic carbocycles. The highest BCUT2D eigenvalue weighted by Gasteiger charge is 2.27. The third-order valence-electron chi connectivity index (χ3n) is 13.0. The molecule has 0 fully saturated rings. The molecule has 0 saturated heterocycles. The first kappa shape index (κ1) is 68.7. The van der Waals surface area contributed by atoms with Gasteiger partial charge >= 0.3 is 5.97 Å². The van der Waals surface area contributed by atoms with Crippen LogP contribution in [0.15, 0.2) is 60.8 Å². The molecule has 0 radical (unpaired) electrons. The second-order valence-electron chi connectivity index (χ2n) is 21.2. The Morgan fingerprint density at radius 2 is 0.873 bits per heavy atom. The maximum atomic E-state index is 13.5. The molecule has 0 aliphatic heterocycles. The average Bonchev–Trinajstić information content (AvgIpc) is 3.33. The minimum atomic E-state index is -4.71. The fraction of sp³-hybridized carbons (Fsp3) is 0.803. The number of ether oxygens (including phenoxy) is 1. The van der Waals surface area contributed by atoms with Crippen molar-refractivity contribution < 1.29 is 37.3 Å². The Morgan fingerprint density at radius 1 is 0.493 bits per heavy atom. The smallest absolute Gasteiger partial charge is 0.306 e. The van der Waals surface area contributed by atoms with Crippen molar-refractivity contribution in [1.29, 1.82) is 0 Å². The summed E-state index contributed by atoms with van der Waals surface area (Å²) in [5.41, 5.74) is 0. The molecule has 414 valence electrons. The van der Waals surface area contributed by atoms with E-state index in [4.69, 9.17) is 13.8 Å². The number of nitrogens with one attached hydrogen (secondary N) is 1. The van der Waals surface area contributed by atoms with Crippen molar-refractivity contribution in [1.82, 2.24) is 5.32 Å². The van der Waals surface area contributed by atoms with Crippen LogP contribution in [-0.2, 0) is 27.9 Å². The lowest BCUT2D eigenvalue weighted by atomic mass is 10.0. The zero-order chi connectivity index (χ0) is 52.2. The maximum Gasteiger partial charge on any atom is 0.306 e. The fourth-order valence-corrected chi connectivity index (χ4v) is 9.06. The van der Waals surface area contributed by atoms with E-state index < -0.39 is 32.5 Å². The van der Waals surface area contributed by atoms with Crippen LogP contribution in [-0.4, -0.2) is 69.4 Å². The molecule has 71 heavy (non-hydrogen) atoms. The largest absolute Gasteiger partial charge is 0.756 e. The number of hydrogen-bond donors (Lipinski definition) is 1. The number of phosphoric ester groups is 1. The second-order valence-corrected chi connectivity index (χ2v) is 22.6. The molecule has 0 spiro atoms. The zero-order valence-electron chi connectivity index (χ0n) is 47.2. The lowest BCUT2D eigenvalue weighted by Crippen LogP contribution is -2.47. The van der Waals surface area contributed by atoms with E-state index in [1.54, 1.807) is 0 Å². The predicted molar refractivity (Wildman–Crippen MR) is 302 cm³/mol. The van der Waals surface area contributed by atoms with Crippen LogP contribution < -0.4 is 10.2 Å². The number of hydrogen-bond acceptors (Lipinski definition) is 7. The summed E-state index contributed by atoms with van der Waals surface area (Å²) < 4.78 is 30.2. The molecule has 0 rings (SSSR count). The van der Waals surface area contributed by atoms with Crippen LogP contribution in [0, 0.1) is 0 Å². The number of allylic oxidation sites excluding steroid dienone is 9. The number of unbranched alkanes of at least 4 members (excludes halogenated alkanes) is 29. The van der Waals surface area contributed by atoms with Gasteiger partial charge in [-0.25, -0.2) is 0 Å². The van der Waals surface area contributed by atoms with Crippen LogP contribution in [0.5, 0.6) is 0 Å². The Labute approximate surface area is 439 Å². The van der Waals surface area contributed by atoms with Gasteiger partial charge < -0.3 is 28.5 Å². The third kappa shape index (κ3) is 52.4. The molecule has 9 nitrogen and oxygen atoms in total. The average molecular weight is 1020 g/mol. The molecule has 10 heteroatoms. The minimum absolute atomic E-state index is 0.0306. The van der Waals surface area contributed by atoms with Crippen LogP contribution in [0.2, 0.25) is 0 Å². The van der Waals surface area contributed by atoms with Gasteiger partial charge in [-0.3, -0.25) is 14.2 Å². The quantitative estimate of drug-likeness (QED) is 0.0212. The summed E-state index contributed by atoms with van der Waals surface area (Å²) in [4.78, 5) is 39.9. The molecule has 0 saturated carbocycles. The molecular weight excluding hydrogens is 904 g/mol. The minimum Gasteiger partial charge on any atom is -0.756 e. The number of nitrogens with zero attached hydrogens (tertiary/aromatic N) is 1. The van der Waals surface area contributed by atoms with Crippen molar-refractivity contribution >= 4 is 19.7 Å². The molecule has 1 amide bonds. The molecule has 0 bridgehead atoms. The number of rotatable bonds is 53. The Morgan fingerprint density at radius 3 is 1.34 bits per heavy atom. The predicted octanol–water partition coefficient (Wildman–Crippen LogP) is 17.3. The number of carbonyl (C=O) groups excluding carboxylic acids is 2. The number of amides is 1. The van der Waals surface area contributed by atoms with E-state index in [0.29, 0.717) is 23.9 Å². The summed E-state index contributed by atoms with van der Waals surface area (Å²) in [5, 5.41) is 3.01. The topological polar surface area (TPSA) is 114 Å². The van der Waals surface area contributed by atoms with Gasteiger partial charge in [0.05, 0.1) is 33.8 Å². The Hall–Kier alpha value is -2.29. The van der Waals surface area contributed by atoms with Crippen molar-refractivity contribution in [3.63, 3.8) is 0 Å². The van der Waals surface area contributed by atoms with Gasteiger partial charge in [0.2, 0.25) is 5.91 Å². The van der Waals surface area contributed by atoms with Crippen molar-refractivity contribution in [2.45, 2.75) is 277 Å². The molecular formula is C61H113N2O7P. The van der Waals surface area contributed by atoms with Crippen molar-refractivity contribution in [2.75, 3.05) is 40.9 Å². The number of carbonyl (C=O) groups is 2. The Bertz CT molecular complexity index is 1400. The van der Waals surface area contributed by atoms with Crippen LogP contribution in [0.1, 0.15) is 265 Å². The molecule has 3 atom stereocenters. The van der Waals surface area contributed by atoms with E-state index >= 15 is 0 Å². The number of phosphoric acid groups is 1. The van der Waals surface area contributed by atoms with Crippen molar-refractivity contribution in [3.05, 3.63) is 60.8 Å². The van der Waals surface area contributed by atoms with Gasteiger partial charge in [0.25, 0.3) is 7.82 Å². The molecule has 1 N–H and O–H groups in total. The summed E-state index contributed by atoms with van der Waals surface area (Å²) in [6.45, 7) is 6.79. The highest BCUT2D eigenvalue weighted by molar-refractivity contribution is 7.45. The lowest BCUT2D eigenvalue weighted by molar-refractivity contribution is -0.870. The van der Waals surface area contributed by atoms with Gasteiger partial charge in [-0.15, -0.1) is 0 Å². The summed E-state index contributed by atoms with van der Waals surface area (Å²) in [7, 11) is 1.16. The molecule has 3 unspecified atom stereocenters. The van der Waals surface area contributed by atoms with Crippen molar-refractivity contribution in [3.8, 4) is 0 Å². The monoisotopic (exact) mass is 1020 g/mol. The highest BCUT2D eigenvalue weighted by atomic mass is 31.2. The summed E-state index contributed by atoms with van der Waals surface area (Å²) >= 11 is 0. The second kappa shape index (κ2) is 51.2. The number of likely N-dealkylation sites (N-methyl/N-ethyl adjacent to an activating group) is 1. The Kier molecular flexibility index (Phi) is 49.6. The zero-order valence-corrected chi connectivity index (χ0v) is 48.1. The SMILES string of the molecule is CCCCC/C=C\C/C=C\C/C=C\C/C=C\CCCC(=O)OC(/C=C/CCCCCCCCCCCC)C(COP(=O)([O-])OCC[N+](C)(C)C)NC(=O)CCCCCCCCCCCCCCCCCC. The van der Waals surface area contributed by atoms with E-state index in [9.17, 15) is 19.0 Å². The van der Waals surface area contributed by atoms with Gasteiger partial charge in [0, 0.05) is 12.8 Å². The van der Waals surface area contributed by atoms with Crippen LogP contribution >= 0.6 is 7.82 Å². The summed E-state index contributed by atoms with van der Waals surface area (Å²) in [6.07, 6.45) is 63.3. The third-order valence-corrected chi connectivity index (χ3v) is 13.9. The van der Waals surface area contributed by atoms with E-state index in [-0.39, 0.29) is 18.9 Å². The van der Waals surface area contributed by atoms with Crippen LogP contribution in [0.4, 0.5) is 0 Å². The van der Waals surface area contributed by atoms with E-state index in [1.807, 2.05) is 33.3 Å². The standard InChI is InChI=1S/C61H113N2O7P/c1-7-10-13-16-19-22-25-28-30-32-34-36-39-42-45-48-51-54-61(65)70-59(52-49-46-43-40-37-27-24-21-18-15-12-9-3)58(57-69-71(66,67)68-56-55-63(4,5)6)62-60(64)53-50-47-44-41-38-35-33-31-29-26-23-20-17-14-11-8-2/h19,22,28,30,34,36,42,45,49,52,58-59H,7-18,20-21,23-27,29,31-33,35,37-41,43-44,46-48,50-51,53-57H2,1-6H3,(H-,62,64,66,67)/b22-19-,30-28-,36-34-,45-42-,52-49+. The van der Waals surface area contributed by atoms with Crippen LogP contribution in [0.3, 0.4) is 0 Å². The first-order valence-corrected chi connectivity index (χ1v) is 31.1. The van der Waals surface area contributed by atoms with Gasteiger partial charge in [0.1, 0.15) is 19.3 Å². The normalized spacial score (nSPS) is 14.2. The molecule has 0 aliphatic rings. The lowest BCUT2D eigenvalue weighted by Gasteiger charge is -2.30. The number of esters is 1. The van der Waals surface area contributed by atoms with Crippen LogP contribution in [0.25, 0.3) is 0 Å². The first-order chi connectivity index (χ1) is 34.4. The molecule has 0 aliphatic carbocycles. The summed E-state index contributed by atoms with van der Waals surface area (Å²) in [6, 6.07) is -0.908. The van der Waals surface area contributed by atoms with E-state index in [0.717, 1.165) is 64.2 Å². The van der Waals surface area contributed by atoms with Gasteiger partial charge in [-0.2, -0.15) is 0 Å². The van der Waals surface area contributed by atoms with Gasteiger partial charge in [-0.05, 0) is 70.3 Å². The molecule has 0 aromatic heterocycles. The van der Waals surface area contributed by atoms with E-state index in [1.165, 1.54) is 161 Å². The number of quaternary nitrogens is 1. The first-order valence-electron chi connectivity index (χ1n) is 29.6. The van der Waals surface area contributed by atoms with Crippen molar-refractivity contribution in [2.24, 2.45) is 0 Å². The van der Waals surface area contributed by atoms with E-state index in [2.05, 4.69) is 74.7 Å². The van der Waals surface area contributed by atoms with Gasteiger partial charge in [0.15, 0.2) is 0 Å². The Balaban J connectivity index is 5.40. The summed E-state index contributed by atoms with van der Waals surface area (Å²) in [5.74, 6) is -0.601. The highest BCUT2D eigenvalue weighted by Crippen LogP contribution is 2.38. The fourth-order valence-electron chi connectivity index (χ4n) is 8.34. The molecule has 0 heterocycles.